The summed E-state index contributed by atoms with van der Waals surface area (Å²) in [4.78, 5) is 0. The lowest BCUT2D eigenvalue weighted by atomic mass is 10.1. The summed E-state index contributed by atoms with van der Waals surface area (Å²) in [6, 6.07) is 3.84. The van der Waals surface area contributed by atoms with E-state index in [1.807, 2.05) is 12.1 Å². The SMILES string of the molecule is OC1CCc2cc(Br)c(Cl)cc21. The molecule has 1 nitrogen and oxygen atoms in total. The molecule has 0 saturated heterocycles. The molecule has 0 spiro atoms. The fraction of sp³-hybridized carbons (Fsp3) is 0.333. The van der Waals surface area contributed by atoms with Gasteiger partial charge >= 0.3 is 0 Å². The third-order valence-corrected chi connectivity index (χ3v) is 3.43. The van der Waals surface area contributed by atoms with Crippen LogP contribution in [0, 0.1) is 0 Å². The largest absolute Gasteiger partial charge is 0.388 e. The molecule has 12 heavy (non-hydrogen) atoms. The number of fused-ring (bicyclic) bond motifs is 1. The van der Waals surface area contributed by atoms with E-state index in [1.54, 1.807) is 0 Å². The van der Waals surface area contributed by atoms with E-state index >= 15 is 0 Å². The van der Waals surface area contributed by atoms with Crippen LogP contribution in [-0.4, -0.2) is 5.11 Å². The first kappa shape index (κ1) is 8.54. The minimum absolute atomic E-state index is 0.314. The average Bonchev–Trinajstić information content (AvgIpc) is 2.35. The summed E-state index contributed by atoms with van der Waals surface area (Å²) >= 11 is 9.25. The Labute approximate surface area is 84.5 Å². The molecule has 0 heterocycles. The van der Waals surface area contributed by atoms with Crippen LogP contribution in [0.1, 0.15) is 23.7 Å². The maximum absolute atomic E-state index is 9.52. The molecule has 1 aromatic carbocycles. The average molecular weight is 248 g/mol. The van der Waals surface area contributed by atoms with Crippen LogP contribution in [0.3, 0.4) is 0 Å². The number of benzene rings is 1. The molecular formula is C9H8BrClO. The van der Waals surface area contributed by atoms with E-state index in [0.717, 1.165) is 22.9 Å². The van der Waals surface area contributed by atoms with Gasteiger partial charge in [-0.1, -0.05) is 11.6 Å². The lowest BCUT2D eigenvalue weighted by molar-refractivity contribution is 0.180. The van der Waals surface area contributed by atoms with Gasteiger partial charge in [0.25, 0.3) is 0 Å². The number of aliphatic hydroxyl groups is 1. The van der Waals surface area contributed by atoms with Crippen LogP contribution in [0.25, 0.3) is 0 Å². The Balaban J connectivity index is 2.56. The molecule has 1 atom stereocenters. The Morgan fingerprint density at radius 2 is 2.25 bits per heavy atom. The van der Waals surface area contributed by atoms with Gasteiger partial charge in [0.2, 0.25) is 0 Å². The van der Waals surface area contributed by atoms with Crippen molar-refractivity contribution in [3.8, 4) is 0 Å². The van der Waals surface area contributed by atoms with Crippen LogP contribution in [0.4, 0.5) is 0 Å². The van der Waals surface area contributed by atoms with Gasteiger partial charge in [-0.25, -0.2) is 0 Å². The van der Waals surface area contributed by atoms with Crippen molar-refractivity contribution in [2.45, 2.75) is 18.9 Å². The fourth-order valence-corrected chi connectivity index (χ4v) is 2.14. The van der Waals surface area contributed by atoms with E-state index in [2.05, 4.69) is 15.9 Å². The van der Waals surface area contributed by atoms with E-state index in [9.17, 15) is 5.11 Å². The van der Waals surface area contributed by atoms with Crippen LogP contribution >= 0.6 is 27.5 Å². The molecule has 1 aliphatic carbocycles. The Kier molecular flexibility index (Phi) is 2.15. The number of hydrogen-bond donors (Lipinski definition) is 1. The maximum Gasteiger partial charge on any atom is 0.0796 e. The molecule has 1 unspecified atom stereocenters. The second-order valence-electron chi connectivity index (χ2n) is 3.02. The highest BCUT2D eigenvalue weighted by molar-refractivity contribution is 9.10. The monoisotopic (exact) mass is 246 g/mol. The summed E-state index contributed by atoms with van der Waals surface area (Å²) in [7, 11) is 0. The highest BCUT2D eigenvalue weighted by atomic mass is 79.9. The Hall–Kier alpha value is -0.0500. The van der Waals surface area contributed by atoms with Crippen molar-refractivity contribution >= 4 is 27.5 Å². The van der Waals surface area contributed by atoms with Crippen LogP contribution in [-0.2, 0) is 6.42 Å². The van der Waals surface area contributed by atoms with Crippen molar-refractivity contribution in [3.63, 3.8) is 0 Å². The number of halogens is 2. The van der Waals surface area contributed by atoms with Gasteiger partial charge in [-0.2, -0.15) is 0 Å². The summed E-state index contributed by atoms with van der Waals surface area (Å²) in [6.45, 7) is 0. The predicted molar refractivity (Wildman–Crippen MR) is 52.4 cm³/mol. The van der Waals surface area contributed by atoms with E-state index < -0.39 is 0 Å². The number of rotatable bonds is 0. The minimum Gasteiger partial charge on any atom is -0.388 e. The van der Waals surface area contributed by atoms with E-state index in [0.29, 0.717) is 5.02 Å². The first-order valence-corrected chi connectivity index (χ1v) is 5.01. The van der Waals surface area contributed by atoms with Gasteiger partial charge < -0.3 is 5.11 Å². The first-order valence-electron chi connectivity index (χ1n) is 3.84. The predicted octanol–water partition coefficient (Wildman–Crippen LogP) is 3.08. The summed E-state index contributed by atoms with van der Waals surface area (Å²) in [6.07, 6.45) is 1.46. The van der Waals surface area contributed by atoms with Gasteiger partial charge in [0.05, 0.1) is 11.1 Å². The number of hydrogen-bond acceptors (Lipinski definition) is 1. The highest BCUT2D eigenvalue weighted by Crippen LogP contribution is 2.36. The molecule has 0 aliphatic heterocycles. The van der Waals surface area contributed by atoms with Crippen LogP contribution in [0.15, 0.2) is 16.6 Å². The quantitative estimate of drug-likeness (QED) is 0.747. The smallest absolute Gasteiger partial charge is 0.0796 e. The van der Waals surface area contributed by atoms with Crippen LogP contribution in [0.5, 0.6) is 0 Å². The van der Waals surface area contributed by atoms with Crippen LogP contribution < -0.4 is 0 Å². The molecule has 0 radical (unpaired) electrons. The molecule has 64 valence electrons. The Bertz CT molecular complexity index is 325. The topological polar surface area (TPSA) is 20.2 Å². The van der Waals surface area contributed by atoms with E-state index in [1.165, 1.54) is 5.56 Å². The summed E-state index contributed by atoms with van der Waals surface area (Å²) in [5.74, 6) is 0. The second kappa shape index (κ2) is 3.02. The molecule has 0 aromatic heterocycles. The lowest BCUT2D eigenvalue weighted by Crippen LogP contribution is -1.89. The van der Waals surface area contributed by atoms with Gasteiger partial charge in [-0.3, -0.25) is 0 Å². The van der Waals surface area contributed by atoms with Crippen molar-refractivity contribution in [1.82, 2.24) is 0 Å². The van der Waals surface area contributed by atoms with Crippen molar-refractivity contribution in [3.05, 3.63) is 32.8 Å². The number of aliphatic hydroxyl groups excluding tert-OH is 1. The maximum atomic E-state index is 9.52. The zero-order valence-corrected chi connectivity index (χ0v) is 8.69. The summed E-state index contributed by atoms with van der Waals surface area (Å²) in [5.41, 5.74) is 2.20. The summed E-state index contributed by atoms with van der Waals surface area (Å²) < 4.78 is 0.914. The zero-order valence-electron chi connectivity index (χ0n) is 6.35. The normalized spacial score (nSPS) is 21.1. The third-order valence-electron chi connectivity index (χ3n) is 2.23. The third kappa shape index (κ3) is 1.28. The van der Waals surface area contributed by atoms with Gasteiger partial charge in [-0.05, 0) is 52.0 Å². The van der Waals surface area contributed by atoms with Crippen molar-refractivity contribution < 1.29 is 5.11 Å². The molecule has 1 aliphatic rings. The van der Waals surface area contributed by atoms with Crippen molar-refractivity contribution in [2.24, 2.45) is 0 Å². The zero-order chi connectivity index (χ0) is 8.72. The van der Waals surface area contributed by atoms with Gasteiger partial charge in [0, 0.05) is 4.47 Å². The molecule has 0 saturated carbocycles. The second-order valence-corrected chi connectivity index (χ2v) is 4.28. The lowest BCUT2D eigenvalue weighted by Gasteiger charge is -2.04. The Morgan fingerprint density at radius 3 is 3.00 bits per heavy atom. The summed E-state index contributed by atoms with van der Waals surface area (Å²) in [5, 5.41) is 10.2. The minimum atomic E-state index is -0.314. The molecule has 0 bridgehead atoms. The van der Waals surface area contributed by atoms with E-state index in [4.69, 9.17) is 11.6 Å². The number of aryl methyl sites for hydroxylation is 1. The van der Waals surface area contributed by atoms with Crippen LogP contribution in [0.2, 0.25) is 5.02 Å². The molecule has 2 rings (SSSR count). The molecule has 3 heteroatoms. The molecule has 0 fully saturated rings. The molecular weight excluding hydrogens is 239 g/mol. The van der Waals surface area contributed by atoms with Gasteiger partial charge in [0.1, 0.15) is 0 Å². The van der Waals surface area contributed by atoms with Crippen molar-refractivity contribution in [1.29, 1.82) is 0 Å². The van der Waals surface area contributed by atoms with Crippen molar-refractivity contribution in [2.75, 3.05) is 0 Å². The first-order chi connectivity index (χ1) is 5.68. The molecule has 1 aromatic rings. The van der Waals surface area contributed by atoms with Gasteiger partial charge in [0.15, 0.2) is 0 Å². The standard InChI is InChI=1S/C9H8BrClO/c10-7-3-5-1-2-9(12)6(5)4-8(7)11/h3-4,9,12H,1-2H2. The highest BCUT2D eigenvalue weighted by Gasteiger charge is 2.21. The molecule has 1 N–H and O–H groups in total. The van der Waals surface area contributed by atoms with Gasteiger partial charge in [-0.15, -0.1) is 0 Å². The van der Waals surface area contributed by atoms with E-state index in [-0.39, 0.29) is 6.10 Å². The Morgan fingerprint density at radius 1 is 1.50 bits per heavy atom. The molecule has 0 amide bonds. The fourth-order valence-electron chi connectivity index (χ4n) is 1.58.